The van der Waals surface area contributed by atoms with E-state index in [1.54, 1.807) is 24.3 Å². The highest BCUT2D eigenvalue weighted by Crippen LogP contribution is 2.05. The lowest BCUT2D eigenvalue weighted by Crippen LogP contribution is -2.37. The normalized spacial score (nSPS) is 9.74. The summed E-state index contributed by atoms with van der Waals surface area (Å²) in [6, 6.07) is 6.66. The second kappa shape index (κ2) is 7.48. The zero-order valence-corrected chi connectivity index (χ0v) is 11.5. The monoisotopic (exact) mass is 279 g/mol. The van der Waals surface area contributed by atoms with Gasteiger partial charge in [-0.15, -0.1) is 0 Å². The number of carbonyl (C=O) groups is 2. The Balaban J connectivity index is 2.56. The number of rotatable bonds is 6. The van der Waals surface area contributed by atoms with Crippen molar-refractivity contribution in [2.45, 2.75) is 13.3 Å². The van der Waals surface area contributed by atoms with Crippen molar-refractivity contribution in [3.8, 4) is 0 Å². The molecule has 0 atom stereocenters. The first-order valence-electron chi connectivity index (χ1n) is 5.99. The Bertz CT molecular complexity index is 489. The third-order valence-corrected chi connectivity index (χ3v) is 2.63. The van der Waals surface area contributed by atoms with Gasteiger partial charge in [0.25, 0.3) is 5.91 Å². The van der Waals surface area contributed by atoms with Gasteiger partial charge in [0.1, 0.15) is 4.99 Å². The first-order valence-corrected chi connectivity index (χ1v) is 6.40. The number of thiocarbonyl (C=S) groups is 1. The topological polar surface area (TPSA) is 84.2 Å². The molecule has 0 aromatic heterocycles. The Kier molecular flexibility index (Phi) is 5.95. The molecule has 6 heteroatoms. The number of nitrogens with two attached hydrogens (primary N) is 1. The fraction of sp³-hybridized carbons (Fsp3) is 0.308. The van der Waals surface area contributed by atoms with Crippen molar-refractivity contribution in [2.24, 2.45) is 5.73 Å². The molecule has 19 heavy (non-hydrogen) atoms. The Labute approximate surface area is 117 Å². The fourth-order valence-electron chi connectivity index (χ4n) is 1.40. The average Bonchev–Trinajstić information content (AvgIpc) is 2.42. The molecule has 0 aliphatic carbocycles. The zero-order valence-electron chi connectivity index (χ0n) is 10.7. The van der Waals surface area contributed by atoms with E-state index in [2.05, 4.69) is 10.6 Å². The molecule has 0 unspecified atom stereocenters. The van der Waals surface area contributed by atoms with Crippen LogP contribution in [-0.4, -0.2) is 29.9 Å². The van der Waals surface area contributed by atoms with Crippen LogP contribution in [0, 0.1) is 0 Å². The predicted molar refractivity (Wildman–Crippen MR) is 78.0 cm³/mol. The molecule has 2 amide bonds. The Hall–Kier alpha value is -1.95. The van der Waals surface area contributed by atoms with Gasteiger partial charge in [0, 0.05) is 17.7 Å². The van der Waals surface area contributed by atoms with Crippen molar-refractivity contribution < 1.29 is 9.59 Å². The molecule has 0 heterocycles. The van der Waals surface area contributed by atoms with Gasteiger partial charge in [-0.2, -0.15) is 0 Å². The predicted octanol–water partition coefficient (Wildman–Crippen LogP) is 0.577. The summed E-state index contributed by atoms with van der Waals surface area (Å²) < 4.78 is 0. The van der Waals surface area contributed by atoms with Crippen molar-refractivity contribution >= 4 is 29.0 Å². The van der Waals surface area contributed by atoms with Crippen LogP contribution in [0.1, 0.15) is 29.3 Å². The number of carbonyl (C=O) groups excluding carboxylic acids is 2. The van der Waals surface area contributed by atoms with Crippen LogP contribution in [-0.2, 0) is 4.79 Å². The highest BCUT2D eigenvalue weighted by molar-refractivity contribution is 7.80. The summed E-state index contributed by atoms with van der Waals surface area (Å²) in [7, 11) is 0. The molecule has 1 rings (SSSR count). The van der Waals surface area contributed by atoms with Gasteiger partial charge in [-0.25, -0.2) is 0 Å². The number of hydrogen-bond donors (Lipinski definition) is 3. The van der Waals surface area contributed by atoms with Gasteiger partial charge >= 0.3 is 0 Å². The Morgan fingerprint density at radius 1 is 1.26 bits per heavy atom. The Morgan fingerprint density at radius 2 is 1.95 bits per heavy atom. The lowest BCUT2D eigenvalue weighted by atomic mass is 10.1. The van der Waals surface area contributed by atoms with Crippen molar-refractivity contribution in [3.05, 3.63) is 35.4 Å². The van der Waals surface area contributed by atoms with Crippen LogP contribution < -0.4 is 16.4 Å². The number of nitrogens with one attached hydrogen (secondary N) is 2. The number of benzene rings is 1. The standard InChI is InChI=1S/C13H17N3O2S/c1-2-6-15-11(17)8-16-13(18)10-5-3-4-9(7-10)12(14)19/h3-5,7H,2,6,8H2,1H3,(H2,14,19)(H,15,17)(H,16,18). The van der Waals surface area contributed by atoms with Crippen LogP contribution in [0.25, 0.3) is 0 Å². The van der Waals surface area contributed by atoms with Crippen LogP contribution in [0.4, 0.5) is 0 Å². The smallest absolute Gasteiger partial charge is 0.251 e. The molecule has 1 aromatic rings. The van der Waals surface area contributed by atoms with Crippen LogP contribution in [0.2, 0.25) is 0 Å². The van der Waals surface area contributed by atoms with E-state index in [1.165, 1.54) is 0 Å². The highest BCUT2D eigenvalue weighted by atomic mass is 32.1. The molecule has 0 aliphatic rings. The van der Waals surface area contributed by atoms with Crippen molar-refractivity contribution in [1.29, 1.82) is 0 Å². The summed E-state index contributed by atoms with van der Waals surface area (Å²) in [6.45, 7) is 2.52. The van der Waals surface area contributed by atoms with E-state index in [-0.39, 0.29) is 23.3 Å². The van der Waals surface area contributed by atoms with E-state index < -0.39 is 0 Å². The lowest BCUT2D eigenvalue weighted by Gasteiger charge is -2.07. The summed E-state index contributed by atoms with van der Waals surface area (Å²) in [6.07, 6.45) is 0.857. The molecule has 5 nitrogen and oxygen atoms in total. The minimum atomic E-state index is -0.329. The molecular formula is C13H17N3O2S. The summed E-state index contributed by atoms with van der Waals surface area (Å²) in [5.41, 5.74) is 6.54. The van der Waals surface area contributed by atoms with Gasteiger partial charge < -0.3 is 16.4 Å². The van der Waals surface area contributed by atoms with E-state index in [1.807, 2.05) is 6.92 Å². The van der Waals surface area contributed by atoms with E-state index in [4.69, 9.17) is 18.0 Å². The summed E-state index contributed by atoms with van der Waals surface area (Å²) in [5.74, 6) is -0.537. The molecule has 0 aliphatic heterocycles. The van der Waals surface area contributed by atoms with Gasteiger partial charge in [-0.05, 0) is 18.6 Å². The first-order chi connectivity index (χ1) is 9.04. The Morgan fingerprint density at radius 3 is 2.58 bits per heavy atom. The van der Waals surface area contributed by atoms with Crippen LogP contribution in [0.15, 0.2) is 24.3 Å². The molecule has 0 saturated heterocycles. The maximum Gasteiger partial charge on any atom is 0.251 e. The van der Waals surface area contributed by atoms with Crippen molar-refractivity contribution in [1.82, 2.24) is 10.6 Å². The van der Waals surface area contributed by atoms with E-state index in [9.17, 15) is 9.59 Å². The van der Waals surface area contributed by atoms with Gasteiger partial charge in [-0.1, -0.05) is 31.3 Å². The highest BCUT2D eigenvalue weighted by Gasteiger charge is 2.08. The molecule has 102 valence electrons. The van der Waals surface area contributed by atoms with Crippen LogP contribution in [0.5, 0.6) is 0 Å². The van der Waals surface area contributed by atoms with Crippen LogP contribution >= 0.6 is 12.2 Å². The van der Waals surface area contributed by atoms with Gasteiger partial charge in [-0.3, -0.25) is 9.59 Å². The second-order valence-electron chi connectivity index (χ2n) is 3.98. The lowest BCUT2D eigenvalue weighted by molar-refractivity contribution is -0.120. The van der Waals surface area contributed by atoms with E-state index in [0.29, 0.717) is 17.7 Å². The molecule has 0 bridgehead atoms. The maximum absolute atomic E-state index is 11.8. The molecule has 4 N–H and O–H groups in total. The van der Waals surface area contributed by atoms with Crippen molar-refractivity contribution in [3.63, 3.8) is 0 Å². The molecule has 1 aromatic carbocycles. The van der Waals surface area contributed by atoms with E-state index >= 15 is 0 Å². The second-order valence-corrected chi connectivity index (χ2v) is 4.42. The minimum Gasteiger partial charge on any atom is -0.389 e. The molecule has 0 saturated carbocycles. The van der Waals surface area contributed by atoms with Crippen LogP contribution in [0.3, 0.4) is 0 Å². The number of amides is 2. The van der Waals surface area contributed by atoms with Gasteiger partial charge in [0.05, 0.1) is 6.54 Å². The zero-order chi connectivity index (χ0) is 14.3. The first kappa shape index (κ1) is 15.1. The molecular weight excluding hydrogens is 262 g/mol. The quantitative estimate of drug-likeness (QED) is 0.665. The molecule has 0 radical (unpaired) electrons. The third-order valence-electron chi connectivity index (χ3n) is 2.39. The molecule has 0 fully saturated rings. The summed E-state index contributed by atoms with van der Waals surface area (Å²) in [4.78, 5) is 23.4. The van der Waals surface area contributed by atoms with Crippen molar-refractivity contribution in [2.75, 3.05) is 13.1 Å². The maximum atomic E-state index is 11.8. The number of hydrogen-bond acceptors (Lipinski definition) is 3. The SMILES string of the molecule is CCCNC(=O)CNC(=O)c1cccc(C(N)=S)c1. The largest absolute Gasteiger partial charge is 0.389 e. The minimum absolute atomic E-state index is 0.0455. The van der Waals surface area contributed by atoms with E-state index in [0.717, 1.165) is 6.42 Å². The van der Waals surface area contributed by atoms with Gasteiger partial charge in [0.15, 0.2) is 0 Å². The summed E-state index contributed by atoms with van der Waals surface area (Å²) >= 11 is 4.84. The average molecular weight is 279 g/mol. The summed E-state index contributed by atoms with van der Waals surface area (Å²) in [5, 5.41) is 5.21. The third kappa shape index (κ3) is 5.05. The fourth-order valence-corrected chi connectivity index (χ4v) is 1.53. The molecule has 0 spiro atoms. The van der Waals surface area contributed by atoms with Gasteiger partial charge in [0.2, 0.25) is 5.91 Å².